The van der Waals surface area contributed by atoms with Crippen molar-refractivity contribution in [2.75, 3.05) is 24.5 Å². The van der Waals surface area contributed by atoms with Crippen molar-refractivity contribution < 1.29 is 8.42 Å². The minimum absolute atomic E-state index is 0.269. The second-order valence-electron chi connectivity index (χ2n) is 5.48. The van der Waals surface area contributed by atoms with Crippen LogP contribution in [0, 0.1) is 0 Å². The van der Waals surface area contributed by atoms with E-state index in [-0.39, 0.29) is 6.04 Å². The molecule has 2 aliphatic heterocycles. The number of piperazine rings is 1. The molecule has 2 aliphatic rings. The first-order chi connectivity index (χ1) is 10.2. The highest BCUT2D eigenvalue weighted by Gasteiger charge is 2.38. The maximum absolute atomic E-state index is 12.6. The van der Waals surface area contributed by atoms with Gasteiger partial charge in [0.1, 0.15) is 4.21 Å². The Hall–Kier alpha value is -1.37. The lowest BCUT2D eigenvalue weighted by molar-refractivity contribution is 0.340. The molecule has 4 nitrogen and oxygen atoms in total. The zero-order valence-corrected chi connectivity index (χ0v) is 13.1. The molecule has 21 heavy (non-hydrogen) atoms. The van der Waals surface area contributed by atoms with Crippen molar-refractivity contribution in [3.63, 3.8) is 0 Å². The Morgan fingerprint density at radius 3 is 2.76 bits per heavy atom. The molecule has 1 aromatic carbocycles. The summed E-state index contributed by atoms with van der Waals surface area (Å²) in [6, 6.07) is 12.1. The van der Waals surface area contributed by atoms with E-state index in [9.17, 15) is 8.42 Å². The average Bonchev–Trinajstić information content (AvgIpc) is 3.14. The molecule has 0 spiro atoms. The van der Waals surface area contributed by atoms with Crippen LogP contribution >= 0.6 is 11.3 Å². The predicted octanol–water partition coefficient (Wildman–Crippen LogP) is 2.18. The van der Waals surface area contributed by atoms with Crippen molar-refractivity contribution in [2.24, 2.45) is 0 Å². The standard InChI is InChI=1S/C15H16N2O2S2/c18-21(19,15-6-3-9-20-15)16-7-8-17-13(11-16)10-12-4-1-2-5-14(12)17/h1-6,9,13H,7-8,10-11H2. The summed E-state index contributed by atoms with van der Waals surface area (Å²) in [6.45, 7) is 1.91. The summed E-state index contributed by atoms with van der Waals surface area (Å²) in [4.78, 5) is 2.36. The van der Waals surface area contributed by atoms with Crippen LogP contribution in [0.1, 0.15) is 5.56 Å². The van der Waals surface area contributed by atoms with E-state index in [4.69, 9.17) is 0 Å². The number of hydrogen-bond acceptors (Lipinski definition) is 4. The largest absolute Gasteiger partial charge is 0.365 e. The number of nitrogens with zero attached hydrogens (tertiary/aromatic N) is 2. The molecule has 4 rings (SSSR count). The number of fused-ring (bicyclic) bond motifs is 3. The molecule has 1 fully saturated rings. The Morgan fingerprint density at radius 1 is 1.10 bits per heavy atom. The first-order valence-electron chi connectivity index (χ1n) is 7.04. The summed E-state index contributed by atoms with van der Waals surface area (Å²) in [5.41, 5.74) is 2.61. The van der Waals surface area contributed by atoms with Gasteiger partial charge in [-0.2, -0.15) is 4.31 Å². The molecule has 0 radical (unpaired) electrons. The lowest BCUT2D eigenvalue weighted by Crippen LogP contribution is -2.53. The molecule has 1 atom stereocenters. The highest BCUT2D eigenvalue weighted by molar-refractivity contribution is 7.91. The average molecular weight is 320 g/mol. The monoisotopic (exact) mass is 320 g/mol. The van der Waals surface area contributed by atoms with Gasteiger partial charge in [0.25, 0.3) is 10.0 Å². The molecule has 0 N–H and O–H groups in total. The van der Waals surface area contributed by atoms with Crippen molar-refractivity contribution in [2.45, 2.75) is 16.7 Å². The van der Waals surface area contributed by atoms with E-state index in [0.717, 1.165) is 13.0 Å². The van der Waals surface area contributed by atoms with Crippen LogP contribution in [0.2, 0.25) is 0 Å². The van der Waals surface area contributed by atoms with Crippen LogP contribution in [0.25, 0.3) is 0 Å². The molecule has 0 amide bonds. The van der Waals surface area contributed by atoms with Crippen LogP contribution in [-0.2, 0) is 16.4 Å². The molecule has 6 heteroatoms. The van der Waals surface area contributed by atoms with Crippen LogP contribution < -0.4 is 4.90 Å². The molecule has 3 heterocycles. The van der Waals surface area contributed by atoms with Gasteiger partial charge in [0.2, 0.25) is 0 Å². The van der Waals surface area contributed by atoms with Gasteiger partial charge in [-0.3, -0.25) is 0 Å². The molecule has 1 unspecified atom stereocenters. The van der Waals surface area contributed by atoms with Gasteiger partial charge in [0.05, 0.1) is 0 Å². The van der Waals surface area contributed by atoms with Gasteiger partial charge in [-0.05, 0) is 29.5 Å². The first kappa shape index (κ1) is 13.3. The Balaban J connectivity index is 1.60. The zero-order valence-electron chi connectivity index (χ0n) is 11.5. The van der Waals surface area contributed by atoms with Crippen LogP contribution in [0.3, 0.4) is 0 Å². The Bertz CT molecular complexity index is 756. The fourth-order valence-corrected chi connectivity index (χ4v) is 5.90. The van der Waals surface area contributed by atoms with E-state index in [2.05, 4.69) is 29.2 Å². The second kappa shape index (κ2) is 4.83. The van der Waals surface area contributed by atoms with Crippen LogP contribution in [-0.4, -0.2) is 38.4 Å². The number of hydrogen-bond donors (Lipinski definition) is 0. The molecule has 2 aromatic rings. The highest BCUT2D eigenvalue weighted by atomic mass is 32.2. The normalized spacial score (nSPS) is 22.1. The molecule has 0 aliphatic carbocycles. The number of para-hydroxylation sites is 1. The lowest BCUT2D eigenvalue weighted by atomic mass is 10.1. The SMILES string of the molecule is O=S(=O)(c1cccs1)N1CCN2c3ccccc3CC2C1. The molecule has 110 valence electrons. The summed E-state index contributed by atoms with van der Waals surface area (Å²) >= 11 is 1.29. The molecule has 0 bridgehead atoms. The van der Waals surface area contributed by atoms with Crippen molar-refractivity contribution in [1.29, 1.82) is 0 Å². The lowest BCUT2D eigenvalue weighted by Gasteiger charge is -2.38. The molecular weight excluding hydrogens is 304 g/mol. The van der Waals surface area contributed by atoms with E-state index in [0.29, 0.717) is 17.3 Å². The first-order valence-corrected chi connectivity index (χ1v) is 9.36. The quantitative estimate of drug-likeness (QED) is 0.851. The summed E-state index contributed by atoms with van der Waals surface area (Å²) in [5, 5.41) is 1.81. The summed E-state index contributed by atoms with van der Waals surface area (Å²) in [6.07, 6.45) is 0.937. The second-order valence-corrected chi connectivity index (χ2v) is 8.59. The minimum Gasteiger partial charge on any atom is -0.365 e. The van der Waals surface area contributed by atoms with Crippen molar-refractivity contribution in [1.82, 2.24) is 4.31 Å². The number of rotatable bonds is 2. The predicted molar refractivity (Wildman–Crippen MR) is 84.4 cm³/mol. The van der Waals surface area contributed by atoms with Crippen molar-refractivity contribution in [3.8, 4) is 0 Å². The maximum Gasteiger partial charge on any atom is 0.252 e. The number of benzene rings is 1. The topological polar surface area (TPSA) is 40.6 Å². The van der Waals surface area contributed by atoms with Crippen LogP contribution in [0.15, 0.2) is 46.0 Å². The third kappa shape index (κ3) is 2.09. The Kier molecular flexibility index (Phi) is 3.06. The van der Waals surface area contributed by atoms with E-state index >= 15 is 0 Å². The third-order valence-corrected chi connectivity index (χ3v) is 7.53. The fourth-order valence-electron chi connectivity index (χ4n) is 3.29. The van der Waals surface area contributed by atoms with Gasteiger partial charge in [-0.25, -0.2) is 8.42 Å². The number of sulfonamides is 1. The van der Waals surface area contributed by atoms with Gasteiger partial charge in [0.15, 0.2) is 0 Å². The summed E-state index contributed by atoms with van der Waals surface area (Å²) in [5.74, 6) is 0. The Labute approximate surface area is 128 Å². The fraction of sp³-hybridized carbons (Fsp3) is 0.333. The van der Waals surface area contributed by atoms with E-state index in [1.807, 2.05) is 5.38 Å². The smallest absolute Gasteiger partial charge is 0.252 e. The molecular formula is C15H16N2O2S2. The van der Waals surface area contributed by atoms with Crippen LogP contribution in [0.5, 0.6) is 0 Å². The van der Waals surface area contributed by atoms with Gasteiger partial charge < -0.3 is 4.90 Å². The molecule has 1 saturated heterocycles. The zero-order chi connectivity index (χ0) is 14.4. The van der Waals surface area contributed by atoms with Gasteiger partial charge in [-0.15, -0.1) is 11.3 Å². The summed E-state index contributed by atoms with van der Waals surface area (Å²) in [7, 11) is -3.32. The summed E-state index contributed by atoms with van der Waals surface area (Å²) < 4.78 is 27.4. The van der Waals surface area contributed by atoms with Crippen molar-refractivity contribution in [3.05, 3.63) is 47.3 Å². The minimum atomic E-state index is -3.32. The van der Waals surface area contributed by atoms with E-state index in [1.54, 1.807) is 16.4 Å². The third-order valence-electron chi connectivity index (χ3n) is 4.29. The molecule has 1 aromatic heterocycles. The Morgan fingerprint density at radius 2 is 1.95 bits per heavy atom. The van der Waals surface area contributed by atoms with Gasteiger partial charge in [0, 0.05) is 31.4 Å². The van der Waals surface area contributed by atoms with E-state index in [1.165, 1.54) is 22.6 Å². The maximum atomic E-state index is 12.6. The van der Waals surface area contributed by atoms with Gasteiger partial charge >= 0.3 is 0 Å². The van der Waals surface area contributed by atoms with Crippen LogP contribution in [0.4, 0.5) is 5.69 Å². The van der Waals surface area contributed by atoms with Gasteiger partial charge in [-0.1, -0.05) is 24.3 Å². The number of anilines is 1. The molecule has 0 saturated carbocycles. The van der Waals surface area contributed by atoms with Crippen molar-refractivity contribution >= 4 is 27.0 Å². The van der Waals surface area contributed by atoms with E-state index < -0.39 is 10.0 Å². The highest BCUT2D eigenvalue weighted by Crippen LogP contribution is 2.35. The number of thiophene rings is 1.